The number of hydrogen-bond donors (Lipinski definition) is 1. The van der Waals surface area contributed by atoms with Gasteiger partial charge >= 0.3 is 0 Å². The molecule has 2 N–H and O–H groups in total. The van der Waals surface area contributed by atoms with Gasteiger partial charge < -0.3 is 5.73 Å². The number of nitrogens with zero attached hydrogens (tertiary/aromatic N) is 6. The standard InChI is InChI=1S/C13H15N7S/c1-19-9-10(8-15-19)12(7-14)21-13-16-17-18-20(13)11-5-3-2-4-6-11/h2-6,8-9,12H,7,14H2,1H3. The minimum Gasteiger partial charge on any atom is -0.329 e. The van der Waals surface area contributed by atoms with E-state index in [9.17, 15) is 0 Å². The number of para-hydroxylation sites is 1. The summed E-state index contributed by atoms with van der Waals surface area (Å²) in [7, 11) is 1.88. The Hall–Kier alpha value is -2.19. The van der Waals surface area contributed by atoms with Gasteiger partial charge in [0.15, 0.2) is 0 Å². The molecule has 0 saturated carbocycles. The van der Waals surface area contributed by atoms with Crippen molar-refractivity contribution in [2.45, 2.75) is 10.4 Å². The molecule has 21 heavy (non-hydrogen) atoms. The van der Waals surface area contributed by atoms with Crippen molar-refractivity contribution in [2.24, 2.45) is 12.8 Å². The fourth-order valence-electron chi connectivity index (χ4n) is 1.97. The number of benzene rings is 1. The average molecular weight is 301 g/mol. The van der Waals surface area contributed by atoms with E-state index in [1.54, 1.807) is 9.36 Å². The molecule has 7 nitrogen and oxygen atoms in total. The van der Waals surface area contributed by atoms with Gasteiger partial charge in [0, 0.05) is 25.4 Å². The summed E-state index contributed by atoms with van der Waals surface area (Å²) in [5.41, 5.74) is 7.87. The van der Waals surface area contributed by atoms with Gasteiger partial charge in [-0.3, -0.25) is 4.68 Å². The molecule has 1 unspecified atom stereocenters. The highest BCUT2D eigenvalue weighted by atomic mass is 32.2. The van der Waals surface area contributed by atoms with E-state index < -0.39 is 0 Å². The van der Waals surface area contributed by atoms with Gasteiger partial charge in [-0.15, -0.1) is 5.10 Å². The lowest BCUT2D eigenvalue weighted by atomic mass is 10.2. The van der Waals surface area contributed by atoms with Crippen molar-refractivity contribution in [2.75, 3.05) is 6.54 Å². The zero-order chi connectivity index (χ0) is 14.7. The van der Waals surface area contributed by atoms with Crippen LogP contribution in [0.2, 0.25) is 0 Å². The topological polar surface area (TPSA) is 87.4 Å². The van der Waals surface area contributed by atoms with Crippen molar-refractivity contribution >= 4 is 11.8 Å². The third-order valence-corrected chi connectivity index (χ3v) is 4.21. The molecule has 8 heteroatoms. The van der Waals surface area contributed by atoms with Gasteiger partial charge in [-0.05, 0) is 22.6 Å². The van der Waals surface area contributed by atoms with Gasteiger partial charge in [-0.25, -0.2) is 0 Å². The van der Waals surface area contributed by atoms with Gasteiger partial charge in [-0.2, -0.15) is 9.78 Å². The fraction of sp³-hybridized carbons (Fsp3) is 0.231. The maximum absolute atomic E-state index is 5.88. The molecular weight excluding hydrogens is 286 g/mol. The normalized spacial score (nSPS) is 12.5. The molecule has 3 aromatic rings. The van der Waals surface area contributed by atoms with Crippen molar-refractivity contribution < 1.29 is 0 Å². The third kappa shape index (κ3) is 2.96. The van der Waals surface area contributed by atoms with Crippen LogP contribution >= 0.6 is 11.8 Å². The minimum absolute atomic E-state index is 0.0622. The van der Waals surface area contributed by atoms with Crippen molar-refractivity contribution in [3.63, 3.8) is 0 Å². The van der Waals surface area contributed by atoms with Crippen LogP contribution in [0.5, 0.6) is 0 Å². The highest BCUT2D eigenvalue weighted by molar-refractivity contribution is 7.99. The van der Waals surface area contributed by atoms with Gasteiger partial charge in [0.2, 0.25) is 5.16 Å². The summed E-state index contributed by atoms with van der Waals surface area (Å²) in [5, 5.41) is 16.9. The summed E-state index contributed by atoms with van der Waals surface area (Å²) in [5.74, 6) is 0. The van der Waals surface area contributed by atoms with E-state index in [0.29, 0.717) is 11.7 Å². The maximum Gasteiger partial charge on any atom is 0.214 e. The summed E-state index contributed by atoms with van der Waals surface area (Å²) in [6.07, 6.45) is 3.78. The Balaban J connectivity index is 1.87. The Labute approximate surface area is 126 Å². The third-order valence-electron chi connectivity index (χ3n) is 3.00. The molecule has 0 aliphatic rings. The van der Waals surface area contributed by atoms with Crippen LogP contribution in [0, 0.1) is 0 Å². The average Bonchev–Trinajstić information content (AvgIpc) is 3.14. The predicted octanol–water partition coefficient (Wildman–Crippen LogP) is 1.19. The van der Waals surface area contributed by atoms with E-state index in [4.69, 9.17) is 5.73 Å². The second kappa shape index (κ2) is 6.06. The first-order valence-corrected chi connectivity index (χ1v) is 7.35. The number of thioether (sulfide) groups is 1. The number of tetrazole rings is 1. The van der Waals surface area contributed by atoms with Gasteiger partial charge in [-0.1, -0.05) is 30.0 Å². The van der Waals surface area contributed by atoms with Gasteiger partial charge in [0.05, 0.1) is 17.1 Å². The fourth-order valence-corrected chi connectivity index (χ4v) is 2.90. The molecule has 3 rings (SSSR count). The number of aryl methyl sites for hydroxylation is 1. The number of rotatable bonds is 5. The summed E-state index contributed by atoms with van der Waals surface area (Å²) in [6, 6.07) is 9.78. The van der Waals surface area contributed by atoms with E-state index in [2.05, 4.69) is 20.6 Å². The second-order valence-corrected chi connectivity index (χ2v) is 5.67. The Kier molecular flexibility index (Phi) is 3.98. The maximum atomic E-state index is 5.88. The minimum atomic E-state index is 0.0622. The van der Waals surface area contributed by atoms with Crippen LogP contribution in [0.25, 0.3) is 5.69 Å². The van der Waals surface area contributed by atoms with E-state index in [1.807, 2.05) is 49.8 Å². The number of nitrogens with two attached hydrogens (primary N) is 1. The lowest BCUT2D eigenvalue weighted by Crippen LogP contribution is -2.10. The van der Waals surface area contributed by atoms with Crippen molar-refractivity contribution in [1.82, 2.24) is 30.0 Å². The summed E-state index contributed by atoms with van der Waals surface area (Å²) in [6.45, 7) is 0.484. The zero-order valence-electron chi connectivity index (χ0n) is 11.5. The van der Waals surface area contributed by atoms with Crippen LogP contribution in [-0.2, 0) is 7.05 Å². The van der Waals surface area contributed by atoms with Crippen LogP contribution in [0.3, 0.4) is 0 Å². The van der Waals surface area contributed by atoms with Crippen molar-refractivity contribution in [1.29, 1.82) is 0 Å². The van der Waals surface area contributed by atoms with E-state index in [1.165, 1.54) is 11.8 Å². The van der Waals surface area contributed by atoms with E-state index in [-0.39, 0.29) is 5.25 Å². The summed E-state index contributed by atoms with van der Waals surface area (Å²) >= 11 is 1.53. The molecule has 0 spiro atoms. The summed E-state index contributed by atoms with van der Waals surface area (Å²) < 4.78 is 3.47. The predicted molar refractivity (Wildman–Crippen MR) is 80.0 cm³/mol. The molecule has 1 aromatic carbocycles. The molecule has 0 amide bonds. The molecule has 0 aliphatic carbocycles. The Bertz CT molecular complexity index is 706. The molecule has 0 saturated heterocycles. The molecule has 0 bridgehead atoms. The van der Waals surface area contributed by atoms with Crippen LogP contribution < -0.4 is 5.73 Å². The highest BCUT2D eigenvalue weighted by Gasteiger charge is 2.18. The highest BCUT2D eigenvalue weighted by Crippen LogP contribution is 2.33. The SMILES string of the molecule is Cn1cc(C(CN)Sc2nnnn2-c2ccccc2)cn1. The smallest absolute Gasteiger partial charge is 0.214 e. The molecule has 0 aliphatic heterocycles. The molecule has 0 radical (unpaired) electrons. The Morgan fingerprint density at radius 3 is 2.76 bits per heavy atom. The molecule has 2 aromatic heterocycles. The van der Waals surface area contributed by atoms with Crippen LogP contribution in [0.1, 0.15) is 10.8 Å². The van der Waals surface area contributed by atoms with E-state index >= 15 is 0 Å². The molecule has 1 atom stereocenters. The largest absolute Gasteiger partial charge is 0.329 e. The zero-order valence-corrected chi connectivity index (χ0v) is 12.3. The number of aromatic nitrogens is 6. The molecule has 0 fully saturated rings. The van der Waals surface area contributed by atoms with Gasteiger partial charge in [0.25, 0.3) is 0 Å². The first kappa shape index (κ1) is 13.8. The van der Waals surface area contributed by atoms with Crippen LogP contribution in [0.4, 0.5) is 0 Å². The molecule has 108 valence electrons. The summed E-state index contributed by atoms with van der Waals surface area (Å²) in [4.78, 5) is 0. The van der Waals surface area contributed by atoms with Crippen LogP contribution in [-0.4, -0.2) is 36.5 Å². The molecule has 2 heterocycles. The quantitative estimate of drug-likeness (QED) is 0.712. The Morgan fingerprint density at radius 2 is 2.10 bits per heavy atom. The molecular formula is C13H15N7S. The first-order chi connectivity index (χ1) is 10.3. The van der Waals surface area contributed by atoms with Crippen molar-refractivity contribution in [3.05, 3.63) is 48.3 Å². The monoisotopic (exact) mass is 301 g/mol. The lowest BCUT2D eigenvalue weighted by Gasteiger charge is -2.11. The number of hydrogen-bond acceptors (Lipinski definition) is 6. The van der Waals surface area contributed by atoms with Crippen molar-refractivity contribution in [3.8, 4) is 5.69 Å². The van der Waals surface area contributed by atoms with E-state index in [0.717, 1.165) is 11.3 Å². The first-order valence-electron chi connectivity index (χ1n) is 6.47. The van der Waals surface area contributed by atoms with Crippen LogP contribution in [0.15, 0.2) is 47.9 Å². The lowest BCUT2D eigenvalue weighted by molar-refractivity contribution is 0.753. The van der Waals surface area contributed by atoms with Gasteiger partial charge in [0.1, 0.15) is 0 Å². The Morgan fingerprint density at radius 1 is 1.29 bits per heavy atom. The second-order valence-electron chi connectivity index (χ2n) is 4.50.